The van der Waals surface area contributed by atoms with Crippen LogP contribution in [0.3, 0.4) is 0 Å². The van der Waals surface area contributed by atoms with E-state index in [-0.39, 0.29) is 0 Å². The summed E-state index contributed by atoms with van der Waals surface area (Å²) in [6.45, 7) is 4.23. The van der Waals surface area contributed by atoms with Crippen molar-refractivity contribution in [2.75, 3.05) is 30.8 Å². The van der Waals surface area contributed by atoms with Gasteiger partial charge >= 0.3 is 0 Å². The van der Waals surface area contributed by atoms with Crippen LogP contribution in [-0.4, -0.2) is 20.2 Å². The molecule has 0 bridgehead atoms. The molecule has 2 aromatic carbocycles. The number of nitrogens with two attached hydrogens (primary N) is 1. The lowest BCUT2D eigenvalue weighted by Gasteiger charge is -2.24. The zero-order valence-electron chi connectivity index (χ0n) is 12.9. The van der Waals surface area contributed by atoms with Crippen molar-refractivity contribution in [1.29, 1.82) is 0 Å². The first kappa shape index (κ1) is 15.2. The topological polar surface area (TPSA) is 38.5 Å². The van der Waals surface area contributed by atoms with Crippen molar-refractivity contribution in [1.82, 2.24) is 0 Å². The predicted molar refractivity (Wildman–Crippen MR) is 90.1 cm³/mol. The Kier molecular flexibility index (Phi) is 5.50. The summed E-state index contributed by atoms with van der Waals surface area (Å²) >= 11 is 0. The Morgan fingerprint density at radius 1 is 1.05 bits per heavy atom. The van der Waals surface area contributed by atoms with E-state index in [4.69, 9.17) is 10.5 Å². The van der Waals surface area contributed by atoms with Crippen LogP contribution in [0.25, 0.3) is 0 Å². The van der Waals surface area contributed by atoms with Gasteiger partial charge in [0.25, 0.3) is 0 Å². The van der Waals surface area contributed by atoms with Gasteiger partial charge in [-0.05, 0) is 48.7 Å². The molecule has 0 unspecified atom stereocenters. The molecular weight excluding hydrogens is 260 g/mol. The first-order valence-electron chi connectivity index (χ1n) is 7.46. The highest BCUT2D eigenvalue weighted by molar-refractivity contribution is 5.56. The molecule has 0 aliphatic heterocycles. The summed E-state index contributed by atoms with van der Waals surface area (Å²) in [5, 5.41) is 0. The first-order chi connectivity index (χ1) is 10.2. The number of nitrogens with zero attached hydrogens (tertiary/aromatic N) is 1. The maximum atomic E-state index is 5.89. The quantitative estimate of drug-likeness (QED) is 0.787. The van der Waals surface area contributed by atoms with Crippen molar-refractivity contribution in [3.8, 4) is 5.75 Å². The number of ether oxygens (including phenoxy) is 1. The van der Waals surface area contributed by atoms with Gasteiger partial charge in [-0.25, -0.2) is 0 Å². The first-order valence-corrected chi connectivity index (χ1v) is 7.46. The molecule has 0 heterocycles. The minimum absolute atomic E-state index is 0.818. The lowest BCUT2D eigenvalue weighted by Crippen LogP contribution is -2.26. The Balaban J connectivity index is 2.02. The largest absolute Gasteiger partial charge is 0.497 e. The monoisotopic (exact) mass is 284 g/mol. The highest BCUT2D eigenvalue weighted by Gasteiger charge is 2.06. The Morgan fingerprint density at radius 2 is 1.81 bits per heavy atom. The van der Waals surface area contributed by atoms with Gasteiger partial charge in [0.05, 0.1) is 7.11 Å². The molecule has 21 heavy (non-hydrogen) atoms. The predicted octanol–water partition coefficient (Wildman–Crippen LogP) is 3.74. The van der Waals surface area contributed by atoms with Gasteiger partial charge in [-0.2, -0.15) is 0 Å². The van der Waals surface area contributed by atoms with Crippen molar-refractivity contribution < 1.29 is 4.74 Å². The van der Waals surface area contributed by atoms with E-state index in [2.05, 4.69) is 30.0 Å². The molecule has 0 atom stereocenters. The normalized spacial score (nSPS) is 10.4. The number of hydrogen-bond acceptors (Lipinski definition) is 3. The van der Waals surface area contributed by atoms with Crippen LogP contribution in [0.1, 0.15) is 18.9 Å². The van der Waals surface area contributed by atoms with E-state index < -0.39 is 0 Å². The van der Waals surface area contributed by atoms with Gasteiger partial charge in [-0.15, -0.1) is 0 Å². The Labute approximate surface area is 127 Å². The summed E-state index contributed by atoms with van der Waals surface area (Å²) in [5.41, 5.74) is 9.23. The van der Waals surface area contributed by atoms with E-state index in [1.165, 1.54) is 11.3 Å². The van der Waals surface area contributed by atoms with Crippen LogP contribution in [0.2, 0.25) is 0 Å². The molecule has 0 saturated heterocycles. The van der Waals surface area contributed by atoms with E-state index in [1.54, 1.807) is 7.11 Å². The van der Waals surface area contributed by atoms with Gasteiger partial charge in [-0.1, -0.05) is 25.1 Å². The lowest BCUT2D eigenvalue weighted by atomic mass is 10.1. The van der Waals surface area contributed by atoms with Crippen LogP contribution < -0.4 is 15.4 Å². The highest BCUT2D eigenvalue weighted by atomic mass is 16.5. The third-order valence-electron chi connectivity index (χ3n) is 3.56. The number of nitrogen functional groups attached to an aromatic ring is 1. The van der Waals surface area contributed by atoms with E-state index in [9.17, 15) is 0 Å². The molecule has 0 amide bonds. The smallest absolute Gasteiger partial charge is 0.118 e. The Bertz CT molecular complexity index is 551. The number of benzene rings is 2. The molecule has 0 radical (unpaired) electrons. The maximum absolute atomic E-state index is 5.89. The molecule has 3 nitrogen and oxygen atoms in total. The second-order valence-corrected chi connectivity index (χ2v) is 5.18. The van der Waals surface area contributed by atoms with Crippen LogP contribution in [0.15, 0.2) is 48.5 Å². The van der Waals surface area contributed by atoms with E-state index >= 15 is 0 Å². The van der Waals surface area contributed by atoms with Crippen molar-refractivity contribution in [3.63, 3.8) is 0 Å². The summed E-state index contributed by atoms with van der Waals surface area (Å²) < 4.78 is 5.19. The minimum atomic E-state index is 0.818. The van der Waals surface area contributed by atoms with Gasteiger partial charge in [0.1, 0.15) is 5.75 Å². The number of rotatable bonds is 7. The fourth-order valence-electron chi connectivity index (χ4n) is 2.42. The average Bonchev–Trinajstić information content (AvgIpc) is 2.52. The average molecular weight is 284 g/mol. The van der Waals surface area contributed by atoms with Gasteiger partial charge in [0.15, 0.2) is 0 Å². The molecule has 2 rings (SSSR count). The highest BCUT2D eigenvalue weighted by Crippen LogP contribution is 2.19. The molecule has 0 saturated carbocycles. The molecule has 112 valence electrons. The molecule has 0 aliphatic rings. The summed E-state index contributed by atoms with van der Waals surface area (Å²) in [7, 11) is 1.69. The Hall–Kier alpha value is -2.16. The summed E-state index contributed by atoms with van der Waals surface area (Å²) in [6.07, 6.45) is 2.14. The van der Waals surface area contributed by atoms with Crippen molar-refractivity contribution in [3.05, 3.63) is 54.1 Å². The summed E-state index contributed by atoms with van der Waals surface area (Å²) in [4.78, 5) is 2.39. The van der Waals surface area contributed by atoms with Gasteiger partial charge in [0.2, 0.25) is 0 Å². The molecular formula is C18H24N2O. The zero-order chi connectivity index (χ0) is 15.1. The van der Waals surface area contributed by atoms with Crippen LogP contribution in [0.5, 0.6) is 5.75 Å². The molecule has 0 aromatic heterocycles. The fraction of sp³-hybridized carbons (Fsp3) is 0.333. The summed E-state index contributed by atoms with van der Waals surface area (Å²) in [5.74, 6) is 0.903. The Morgan fingerprint density at radius 3 is 2.43 bits per heavy atom. The fourth-order valence-corrected chi connectivity index (χ4v) is 2.42. The zero-order valence-corrected chi connectivity index (χ0v) is 12.9. The van der Waals surface area contributed by atoms with Crippen molar-refractivity contribution in [2.45, 2.75) is 19.8 Å². The number of hydrogen-bond donors (Lipinski definition) is 1. The second-order valence-electron chi connectivity index (χ2n) is 5.18. The molecule has 2 N–H and O–H groups in total. The molecule has 3 heteroatoms. The minimum Gasteiger partial charge on any atom is -0.497 e. The molecule has 0 aliphatic carbocycles. The van der Waals surface area contributed by atoms with Gasteiger partial charge in [0, 0.05) is 24.5 Å². The third kappa shape index (κ3) is 4.42. The molecule has 0 spiro atoms. The van der Waals surface area contributed by atoms with Gasteiger partial charge in [-0.3, -0.25) is 0 Å². The maximum Gasteiger partial charge on any atom is 0.118 e. The standard InChI is InChI=1S/C18H24N2O/c1-3-12-20(17-6-4-5-16(19)14-17)13-11-15-7-9-18(21-2)10-8-15/h4-10,14H,3,11-13,19H2,1-2H3. The summed E-state index contributed by atoms with van der Waals surface area (Å²) in [6, 6.07) is 16.4. The van der Waals surface area contributed by atoms with E-state index in [0.717, 1.165) is 37.4 Å². The van der Waals surface area contributed by atoms with Crippen LogP contribution >= 0.6 is 0 Å². The molecule has 2 aromatic rings. The van der Waals surface area contributed by atoms with E-state index in [0.29, 0.717) is 0 Å². The number of anilines is 2. The van der Waals surface area contributed by atoms with Gasteiger partial charge < -0.3 is 15.4 Å². The number of methoxy groups -OCH3 is 1. The van der Waals surface area contributed by atoms with E-state index in [1.807, 2.05) is 30.3 Å². The third-order valence-corrected chi connectivity index (χ3v) is 3.56. The second kappa shape index (κ2) is 7.58. The van der Waals surface area contributed by atoms with Crippen molar-refractivity contribution >= 4 is 11.4 Å². The SMILES string of the molecule is CCCN(CCc1ccc(OC)cc1)c1cccc(N)c1. The van der Waals surface area contributed by atoms with Crippen LogP contribution in [-0.2, 0) is 6.42 Å². The van der Waals surface area contributed by atoms with Crippen LogP contribution in [0.4, 0.5) is 11.4 Å². The van der Waals surface area contributed by atoms with Crippen molar-refractivity contribution in [2.24, 2.45) is 0 Å². The lowest BCUT2D eigenvalue weighted by molar-refractivity contribution is 0.414. The van der Waals surface area contributed by atoms with Crippen LogP contribution in [0, 0.1) is 0 Å². The molecule has 0 fully saturated rings.